The van der Waals surface area contributed by atoms with Gasteiger partial charge in [0.05, 0.1) is 31.4 Å². The molecule has 2 aromatic heterocycles. The molecule has 3 aliphatic rings. The van der Waals surface area contributed by atoms with E-state index >= 15 is 0 Å². The Balaban J connectivity index is 1.34. The van der Waals surface area contributed by atoms with Crippen molar-refractivity contribution in [1.82, 2.24) is 19.7 Å². The maximum Gasteiger partial charge on any atom is 0.277 e. The normalized spacial score (nSPS) is 23.5. The van der Waals surface area contributed by atoms with E-state index in [4.69, 9.17) is 9.47 Å². The van der Waals surface area contributed by atoms with Gasteiger partial charge in [-0.3, -0.25) is 9.59 Å². The second kappa shape index (κ2) is 7.40. The number of fused-ring (bicyclic) bond motifs is 4. The molecule has 33 heavy (non-hydrogen) atoms. The average Bonchev–Trinajstić information content (AvgIpc) is 3.48. The van der Waals surface area contributed by atoms with Crippen LogP contribution in [0.15, 0.2) is 29.2 Å². The molecule has 12 heteroatoms. The second-order valence-electron chi connectivity index (χ2n) is 8.08. The lowest BCUT2D eigenvalue weighted by atomic mass is 10.1. The third-order valence-corrected chi connectivity index (χ3v) is 7.06. The summed E-state index contributed by atoms with van der Waals surface area (Å²) in [6.07, 6.45) is 0.768. The van der Waals surface area contributed by atoms with Crippen molar-refractivity contribution >= 4 is 17.2 Å². The number of aromatic hydroxyl groups is 1. The van der Waals surface area contributed by atoms with Crippen LogP contribution in [0, 0.1) is 11.6 Å². The zero-order chi connectivity index (χ0) is 22.9. The van der Waals surface area contributed by atoms with Gasteiger partial charge in [0.1, 0.15) is 22.7 Å². The van der Waals surface area contributed by atoms with Gasteiger partial charge in [0.2, 0.25) is 5.43 Å². The van der Waals surface area contributed by atoms with Gasteiger partial charge in [0.15, 0.2) is 22.7 Å². The Bertz CT molecular complexity index is 1360. The highest BCUT2D eigenvalue weighted by molar-refractivity contribution is 7.14. The first kappa shape index (κ1) is 20.4. The summed E-state index contributed by atoms with van der Waals surface area (Å²) in [5, 5.41) is 19.3. The van der Waals surface area contributed by atoms with Crippen molar-refractivity contribution in [2.75, 3.05) is 13.2 Å². The van der Waals surface area contributed by atoms with Crippen molar-refractivity contribution in [2.45, 2.75) is 31.3 Å². The molecule has 2 unspecified atom stereocenters. The average molecular weight is 474 g/mol. The number of hydrogen-bond donors (Lipinski definition) is 1. The van der Waals surface area contributed by atoms with Crippen molar-refractivity contribution in [3.63, 3.8) is 0 Å². The van der Waals surface area contributed by atoms with Crippen LogP contribution in [0.25, 0.3) is 10.6 Å². The Labute approximate surface area is 188 Å². The van der Waals surface area contributed by atoms with Crippen LogP contribution < -0.4 is 5.43 Å². The topological polar surface area (TPSA) is 107 Å². The number of nitrogens with zero attached hydrogens (tertiary/aromatic N) is 4. The lowest BCUT2D eigenvalue weighted by Crippen LogP contribution is -2.50. The van der Waals surface area contributed by atoms with Crippen LogP contribution in [0.2, 0.25) is 0 Å². The van der Waals surface area contributed by atoms with E-state index in [2.05, 4.69) is 10.2 Å². The van der Waals surface area contributed by atoms with E-state index in [-0.39, 0.29) is 46.9 Å². The number of benzene rings is 1. The van der Waals surface area contributed by atoms with Crippen molar-refractivity contribution < 1.29 is 28.2 Å². The first-order valence-corrected chi connectivity index (χ1v) is 11.0. The Morgan fingerprint density at radius 2 is 2.06 bits per heavy atom. The molecule has 9 nitrogen and oxygen atoms in total. The number of pyridine rings is 1. The van der Waals surface area contributed by atoms with Crippen LogP contribution in [-0.2, 0) is 22.4 Å². The predicted molar refractivity (Wildman–Crippen MR) is 110 cm³/mol. The van der Waals surface area contributed by atoms with E-state index in [1.807, 2.05) is 0 Å². The first-order valence-electron chi connectivity index (χ1n) is 10.2. The molecule has 0 saturated carbocycles. The van der Waals surface area contributed by atoms with Gasteiger partial charge in [-0.1, -0.05) is 17.4 Å². The Kier molecular flexibility index (Phi) is 4.57. The fourth-order valence-corrected chi connectivity index (χ4v) is 5.40. The first-order chi connectivity index (χ1) is 15.9. The van der Waals surface area contributed by atoms with Crippen molar-refractivity contribution in [3.05, 3.63) is 62.5 Å². The predicted octanol–water partition coefficient (Wildman–Crippen LogP) is 1.52. The Morgan fingerprint density at radius 3 is 2.88 bits per heavy atom. The summed E-state index contributed by atoms with van der Waals surface area (Å²) in [5.74, 6) is -2.54. The molecular weight excluding hydrogens is 458 g/mol. The maximum absolute atomic E-state index is 14.0. The molecule has 1 amide bonds. The Hall–Kier alpha value is -3.22. The molecule has 1 aromatic carbocycles. The van der Waals surface area contributed by atoms with Crippen molar-refractivity contribution in [3.8, 4) is 16.3 Å². The summed E-state index contributed by atoms with van der Waals surface area (Å²) in [6.45, 7) is 0.970. The minimum absolute atomic E-state index is 0.0657. The minimum atomic E-state index is -0.747. The molecule has 1 N–H and O–H groups in total. The molecule has 170 valence electrons. The van der Waals surface area contributed by atoms with E-state index in [0.29, 0.717) is 18.2 Å². The molecule has 0 radical (unpaired) electrons. The van der Waals surface area contributed by atoms with Crippen LogP contribution >= 0.6 is 11.3 Å². The van der Waals surface area contributed by atoms with Gasteiger partial charge in [-0.25, -0.2) is 8.78 Å². The van der Waals surface area contributed by atoms with Crippen LogP contribution in [0.4, 0.5) is 8.78 Å². The van der Waals surface area contributed by atoms with Crippen molar-refractivity contribution in [1.29, 1.82) is 0 Å². The Morgan fingerprint density at radius 1 is 1.21 bits per heavy atom. The molecule has 0 bridgehead atoms. The molecular formula is C21H16F2N4O5S. The summed E-state index contributed by atoms with van der Waals surface area (Å²) >= 11 is 1.05. The lowest BCUT2D eigenvalue weighted by molar-refractivity contribution is -0.0381. The van der Waals surface area contributed by atoms with Crippen LogP contribution in [-0.4, -0.2) is 62.3 Å². The highest BCUT2D eigenvalue weighted by Gasteiger charge is 2.51. The highest BCUT2D eigenvalue weighted by atomic mass is 32.1. The third kappa shape index (κ3) is 3.16. The number of aromatic nitrogens is 3. The molecule has 0 aliphatic carbocycles. The molecule has 2 saturated heterocycles. The van der Waals surface area contributed by atoms with E-state index in [1.165, 1.54) is 21.7 Å². The zero-order valence-corrected chi connectivity index (χ0v) is 17.7. The number of hydrogen-bond acceptors (Lipinski definition) is 8. The number of ether oxygens (including phenoxy) is 2. The molecule has 3 atom stereocenters. The summed E-state index contributed by atoms with van der Waals surface area (Å²) < 4.78 is 39.9. The maximum atomic E-state index is 14.0. The van der Waals surface area contributed by atoms with Gasteiger partial charge in [-0.2, -0.15) is 0 Å². The monoisotopic (exact) mass is 474 g/mol. The van der Waals surface area contributed by atoms with E-state index in [0.717, 1.165) is 23.5 Å². The standard InChI is InChI=1S/C21H16F2N4O5S/c22-10-2-1-9(12(23)4-10)3-15-24-25-20(33-15)11-5-26-6-16-27(13-7-31-8-14(13)32-16)21(30)17(26)19(29)18(11)28/h1-2,4-5,13-14,16,29H,3,6-8H2/t13?,14-,16?/m1/s1. The molecule has 6 rings (SSSR count). The van der Waals surface area contributed by atoms with E-state index < -0.39 is 34.9 Å². The van der Waals surface area contributed by atoms with Crippen molar-refractivity contribution in [2.24, 2.45) is 0 Å². The zero-order valence-electron chi connectivity index (χ0n) is 16.9. The van der Waals surface area contributed by atoms with Gasteiger partial charge >= 0.3 is 0 Å². The fraction of sp³-hybridized carbons (Fsp3) is 0.333. The van der Waals surface area contributed by atoms with Gasteiger partial charge in [-0.15, -0.1) is 10.2 Å². The van der Waals surface area contributed by atoms with Gasteiger partial charge in [-0.05, 0) is 11.6 Å². The molecule has 2 fully saturated rings. The summed E-state index contributed by atoms with van der Waals surface area (Å²) in [7, 11) is 0. The minimum Gasteiger partial charge on any atom is -0.503 e. The number of amides is 1. The van der Waals surface area contributed by atoms with Gasteiger partial charge in [0.25, 0.3) is 5.91 Å². The highest BCUT2D eigenvalue weighted by Crippen LogP contribution is 2.36. The molecule has 3 aromatic rings. The van der Waals surface area contributed by atoms with Crippen LogP contribution in [0.3, 0.4) is 0 Å². The summed E-state index contributed by atoms with van der Waals surface area (Å²) in [5.41, 5.74) is -0.539. The summed E-state index contributed by atoms with van der Waals surface area (Å²) in [6, 6.07) is 3.02. The smallest absolute Gasteiger partial charge is 0.277 e. The quantitative estimate of drug-likeness (QED) is 0.614. The fourth-order valence-electron chi connectivity index (χ4n) is 4.53. The second-order valence-corrected chi connectivity index (χ2v) is 9.14. The third-order valence-electron chi connectivity index (χ3n) is 6.10. The molecule has 5 heterocycles. The summed E-state index contributed by atoms with van der Waals surface area (Å²) in [4.78, 5) is 27.6. The van der Waals surface area contributed by atoms with Gasteiger partial charge in [0, 0.05) is 18.7 Å². The number of rotatable bonds is 3. The SMILES string of the molecule is O=C1c2c(O)c(=O)c(-c3nnc(Cc4ccc(F)cc4F)s3)cn2CC2O[C@@H]3COCC3N12. The lowest BCUT2D eigenvalue weighted by Gasteiger charge is -2.34. The van der Waals surface area contributed by atoms with Crippen LogP contribution in [0.5, 0.6) is 5.75 Å². The number of carbonyl (C=O) groups is 1. The molecule has 0 spiro atoms. The van der Waals surface area contributed by atoms with E-state index in [1.54, 1.807) is 0 Å². The number of halogens is 2. The molecule has 3 aliphatic heterocycles. The van der Waals surface area contributed by atoms with Gasteiger partial charge < -0.3 is 24.0 Å². The van der Waals surface area contributed by atoms with Crippen LogP contribution in [0.1, 0.15) is 21.1 Å². The number of carbonyl (C=O) groups excluding carboxylic acids is 1. The van der Waals surface area contributed by atoms with E-state index in [9.17, 15) is 23.5 Å². The largest absolute Gasteiger partial charge is 0.503 e.